The average Bonchev–Trinajstić information content (AvgIpc) is 2.84. The summed E-state index contributed by atoms with van der Waals surface area (Å²) in [7, 11) is 1.69. The summed E-state index contributed by atoms with van der Waals surface area (Å²) >= 11 is 0. The Kier molecular flexibility index (Phi) is 4.76. The molecule has 0 radical (unpaired) electrons. The van der Waals surface area contributed by atoms with E-state index >= 15 is 0 Å². The Morgan fingerprint density at radius 3 is 3.05 bits per heavy atom. The smallest absolute Gasteiger partial charge is 0.255 e. The highest BCUT2D eigenvalue weighted by Crippen LogP contribution is 2.16. The second kappa shape index (κ2) is 6.54. The van der Waals surface area contributed by atoms with Crippen molar-refractivity contribution in [2.75, 3.05) is 33.4 Å². The lowest BCUT2D eigenvalue weighted by molar-refractivity contribution is 0.0934. The third-order valence-corrected chi connectivity index (χ3v) is 3.37. The van der Waals surface area contributed by atoms with E-state index in [4.69, 9.17) is 4.74 Å². The van der Waals surface area contributed by atoms with Gasteiger partial charge in [0.15, 0.2) is 0 Å². The predicted octanol–water partition coefficient (Wildman–Crippen LogP) is 0.843. The number of amides is 1. The molecule has 1 saturated heterocycles. The Morgan fingerprint density at radius 1 is 1.53 bits per heavy atom. The van der Waals surface area contributed by atoms with E-state index in [0.717, 1.165) is 26.1 Å². The lowest BCUT2D eigenvalue weighted by Gasteiger charge is -2.16. The molecular formula is C14H20N2O3. The molecule has 0 saturated carbocycles. The quantitative estimate of drug-likeness (QED) is 0.827. The lowest BCUT2D eigenvalue weighted by Crippen LogP contribution is -2.37. The SMILES string of the molecule is COCCN1CCC(NC(=O)c2ccccc2O)C1. The largest absolute Gasteiger partial charge is 0.507 e. The van der Waals surface area contributed by atoms with Crippen LogP contribution in [-0.4, -0.2) is 55.3 Å². The summed E-state index contributed by atoms with van der Waals surface area (Å²) < 4.78 is 5.04. The normalized spacial score (nSPS) is 19.5. The molecule has 1 aliphatic heterocycles. The van der Waals surface area contributed by atoms with E-state index in [1.165, 1.54) is 6.07 Å². The summed E-state index contributed by atoms with van der Waals surface area (Å²) in [5.74, 6) is -0.189. The topological polar surface area (TPSA) is 61.8 Å². The van der Waals surface area contributed by atoms with Crippen molar-refractivity contribution in [2.24, 2.45) is 0 Å². The number of rotatable bonds is 5. The van der Waals surface area contributed by atoms with Crippen molar-refractivity contribution in [3.8, 4) is 5.75 Å². The number of carbonyl (C=O) groups is 1. The molecule has 5 heteroatoms. The second-order valence-electron chi connectivity index (χ2n) is 4.77. The third kappa shape index (κ3) is 3.68. The first kappa shape index (κ1) is 13.8. The van der Waals surface area contributed by atoms with Crippen LogP contribution in [0.4, 0.5) is 0 Å². The molecule has 1 atom stereocenters. The van der Waals surface area contributed by atoms with Gasteiger partial charge in [0.25, 0.3) is 5.91 Å². The summed E-state index contributed by atoms with van der Waals surface area (Å²) in [6.07, 6.45) is 0.934. The number of methoxy groups -OCH3 is 1. The molecule has 1 aliphatic rings. The third-order valence-electron chi connectivity index (χ3n) is 3.37. The van der Waals surface area contributed by atoms with E-state index in [0.29, 0.717) is 12.2 Å². The number of hydrogen-bond donors (Lipinski definition) is 2. The Labute approximate surface area is 113 Å². The minimum absolute atomic E-state index is 0.0224. The molecule has 1 unspecified atom stereocenters. The van der Waals surface area contributed by atoms with Gasteiger partial charge < -0.3 is 15.2 Å². The van der Waals surface area contributed by atoms with Gasteiger partial charge in [-0.1, -0.05) is 12.1 Å². The molecule has 1 fully saturated rings. The van der Waals surface area contributed by atoms with Crippen LogP contribution in [0.5, 0.6) is 5.75 Å². The van der Waals surface area contributed by atoms with E-state index in [1.807, 2.05) is 0 Å². The fourth-order valence-corrected chi connectivity index (χ4v) is 2.30. The van der Waals surface area contributed by atoms with Gasteiger partial charge in [0.1, 0.15) is 5.75 Å². The van der Waals surface area contributed by atoms with E-state index in [1.54, 1.807) is 25.3 Å². The number of benzene rings is 1. The molecule has 1 amide bonds. The number of nitrogens with one attached hydrogen (secondary N) is 1. The number of para-hydroxylation sites is 1. The highest BCUT2D eigenvalue weighted by atomic mass is 16.5. The minimum Gasteiger partial charge on any atom is -0.507 e. The zero-order valence-electron chi connectivity index (χ0n) is 11.1. The first-order valence-corrected chi connectivity index (χ1v) is 6.51. The zero-order chi connectivity index (χ0) is 13.7. The molecule has 0 spiro atoms. The average molecular weight is 264 g/mol. The monoisotopic (exact) mass is 264 g/mol. The van der Waals surface area contributed by atoms with Gasteiger partial charge >= 0.3 is 0 Å². The highest BCUT2D eigenvalue weighted by molar-refractivity contribution is 5.96. The van der Waals surface area contributed by atoms with Crippen LogP contribution in [0.25, 0.3) is 0 Å². The zero-order valence-corrected chi connectivity index (χ0v) is 11.1. The van der Waals surface area contributed by atoms with Crippen LogP contribution in [0.1, 0.15) is 16.8 Å². The predicted molar refractivity (Wildman–Crippen MR) is 72.3 cm³/mol. The number of likely N-dealkylation sites (tertiary alicyclic amines) is 1. The number of phenols is 1. The molecule has 0 bridgehead atoms. The molecule has 5 nitrogen and oxygen atoms in total. The number of phenolic OH excluding ortho intramolecular Hbond substituents is 1. The van der Waals surface area contributed by atoms with Gasteiger partial charge in [0.2, 0.25) is 0 Å². The first-order chi connectivity index (χ1) is 9.20. The molecule has 1 aromatic rings. The van der Waals surface area contributed by atoms with Gasteiger partial charge in [-0.2, -0.15) is 0 Å². The maximum Gasteiger partial charge on any atom is 0.255 e. The van der Waals surface area contributed by atoms with Gasteiger partial charge in [-0.25, -0.2) is 0 Å². The summed E-state index contributed by atoms with van der Waals surface area (Å²) in [6, 6.07) is 6.74. The van der Waals surface area contributed by atoms with Crippen molar-refractivity contribution in [2.45, 2.75) is 12.5 Å². The van der Waals surface area contributed by atoms with Crippen molar-refractivity contribution in [1.82, 2.24) is 10.2 Å². The standard InChI is InChI=1S/C14H20N2O3/c1-19-9-8-16-7-6-11(10-16)15-14(18)12-4-2-3-5-13(12)17/h2-5,11,17H,6-10H2,1H3,(H,15,18). The molecule has 0 aromatic heterocycles. The number of nitrogens with zero attached hydrogens (tertiary/aromatic N) is 1. The van der Waals surface area contributed by atoms with Crippen LogP contribution in [0.2, 0.25) is 0 Å². The summed E-state index contributed by atoms with van der Waals surface area (Å²) in [5.41, 5.74) is 0.331. The Morgan fingerprint density at radius 2 is 2.32 bits per heavy atom. The second-order valence-corrected chi connectivity index (χ2v) is 4.77. The highest BCUT2D eigenvalue weighted by Gasteiger charge is 2.24. The fourth-order valence-electron chi connectivity index (χ4n) is 2.30. The molecule has 2 N–H and O–H groups in total. The minimum atomic E-state index is -0.211. The maximum atomic E-state index is 12.0. The molecule has 1 aromatic carbocycles. The molecule has 1 heterocycles. The van der Waals surface area contributed by atoms with Crippen LogP contribution < -0.4 is 5.32 Å². The van der Waals surface area contributed by atoms with Gasteiger partial charge in [-0.05, 0) is 18.6 Å². The van der Waals surface area contributed by atoms with Crippen molar-refractivity contribution in [3.05, 3.63) is 29.8 Å². The lowest BCUT2D eigenvalue weighted by atomic mass is 10.1. The Bertz CT molecular complexity index is 436. The summed E-state index contributed by atoms with van der Waals surface area (Å²) in [5, 5.41) is 12.6. The van der Waals surface area contributed by atoms with Crippen LogP contribution in [-0.2, 0) is 4.74 Å². The number of aromatic hydroxyl groups is 1. The Balaban J connectivity index is 1.86. The van der Waals surface area contributed by atoms with Gasteiger partial charge in [-0.15, -0.1) is 0 Å². The summed E-state index contributed by atoms with van der Waals surface area (Å²) in [4.78, 5) is 14.3. The van der Waals surface area contributed by atoms with Crippen molar-refractivity contribution < 1.29 is 14.6 Å². The molecule has 2 rings (SSSR count). The molecule has 104 valence electrons. The number of hydrogen-bond acceptors (Lipinski definition) is 4. The van der Waals surface area contributed by atoms with E-state index < -0.39 is 0 Å². The fraction of sp³-hybridized carbons (Fsp3) is 0.500. The summed E-state index contributed by atoms with van der Waals surface area (Å²) in [6.45, 7) is 3.40. The van der Waals surface area contributed by atoms with Crippen molar-refractivity contribution >= 4 is 5.91 Å². The maximum absolute atomic E-state index is 12.0. The van der Waals surface area contributed by atoms with Gasteiger partial charge in [0, 0.05) is 32.8 Å². The first-order valence-electron chi connectivity index (χ1n) is 6.51. The van der Waals surface area contributed by atoms with Crippen LogP contribution >= 0.6 is 0 Å². The van der Waals surface area contributed by atoms with Crippen LogP contribution in [0, 0.1) is 0 Å². The number of carbonyl (C=O) groups excluding carboxylic acids is 1. The molecular weight excluding hydrogens is 244 g/mol. The van der Waals surface area contributed by atoms with Crippen molar-refractivity contribution in [3.63, 3.8) is 0 Å². The van der Waals surface area contributed by atoms with Crippen LogP contribution in [0.3, 0.4) is 0 Å². The van der Waals surface area contributed by atoms with Crippen molar-refractivity contribution in [1.29, 1.82) is 0 Å². The van der Waals surface area contributed by atoms with Gasteiger partial charge in [0.05, 0.1) is 12.2 Å². The Hall–Kier alpha value is -1.59. The van der Waals surface area contributed by atoms with Gasteiger partial charge in [-0.3, -0.25) is 9.69 Å². The van der Waals surface area contributed by atoms with Crippen LogP contribution in [0.15, 0.2) is 24.3 Å². The molecule has 0 aliphatic carbocycles. The number of ether oxygens (including phenoxy) is 1. The van der Waals surface area contributed by atoms with E-state index in [2.05, 4.69) is 10.2 Å². The van der Waals surface area contributed by atoms with E-state index in [-0.39, 0.29) is 17.7 Å². The van der Waals surface area contributed by atoms with E-state index in [9.17, 15) is 9.90 Å². The molecule has 19 heavy (non-hydrogen) atoms.